The van der Waals surface area contributed by atoms with Gasteiger partial charge < -0.3 is 14.2 Å². The molecule has 0 aromatic heterocycles. The first-order valence-electron chi connectivity index (χ1n) is 31.8. The minimum absolute atomic E-state index is 0.0621. The Kier molecular flexibility index (Phi) is 55.4. The van der Waals surface area contributed by atoms with Crippen LogP contribution < -0.4 is 0 Å². The highest BCUT2D eigenvalue weighted by atomic mass is 16.6. The molecule has 0 aromatic rings. The summed E-state index contributed by atoms with van der Waals surface area (Å²) in [6.07, 6.45) is 62.3. The van der Waals surface area contributed by atoms with Gasteiger partial charge >= 0.3 is 17.9 Å². The first-order chi connectivity index (χ1) is 34.3. The molecular formula is C64H124O6. The van der Waals surface area contributed by atoms with Gasteiger partial charge in [-0.3, -0.25) is 14.4 Å². The van der Waals surface area contributed by atoms with Crippen molar-refractivity contribution in [2.75, 3.05) is 13.2 Å². The van der Waals surface area contributed by atoms with Crippen LogP contribution in [-0.4, -0.2) is 37.2 Å². The molecule has 0 aliphatic carbocycles. The van der Waals surface area contributed by atoms with Crippen LogP contribution in [0.4, 0.5) is 0 Å². The highest BCUT2D eigenvalue weighted by Crippen LogP contribution is 2.19. The molecule has 0 N–H and O–H groups in total. The summed E-state index contributed by atoms with van der Waals surface area (Å²) in [6.45, 7) is 11.5. The number of esters is 3. The van der Waals surface area contributed by atoms with E-state index in [0.29, 0.717) is 19.3 Å². The van der Waals surface area contributed by atoms with Gasteiger partial charge in [0.15, 0.2) is 6.10 Å². The predicted octanol–water partition coefficient (Wildman–Crippen LogP) is 21.2. The zero-order chi connectivity index (χ0) is 51.1. The fourth-order valence-electron chi connectivity index (χ4n) is 9.87. The third-order valence-corrected chi connectivity index (χ3v) is 15.4. The molecule has 0 fully saturated rings. The number of carbonyl (C=O) groups is 3. The van der Waals surface area contributed by atoms with Gasteiger partial charge in [-0.2, -0.15) is 0 Å². The van der Waals surface area contributed by atoms with Crippen molar-refractivity contribution < 1.29 is 28.6 Å². The molecule has 0 saturated heterocycles. The SMILES string of the molecule is CCCCCCCCCCCCCCCCCCC(=O)O[C@@H](COC(=O)CCCCCCCCCCCCCCCCCCCCC(C)CC)COC(=O)CCCCCCCCCCCCC(C)CC. The van der Waals surface area contributed by atoms with Gasteiger partial charge in [0, 0.05) is 19.3 Å². The molecule has 0 bridgehead atoms. The number of hydrogen-bond acceptors (Lipinski definition) is 6. The summed E-state index contributed by atoms with van der Waals surface area (Å²) < 4.78 is 16.9. The number of hydrogen-bond donors (Lipinski definition) is 0. The standard InChI is InChI=1S/C64H124O6/c1-6-9-10-11-12-13-14-15-16-22-26-29-36-41-46-51-56-64(67)70-61(58-69-63(66)55-50-45-40-35-31-30-33-38-43-48-53-60(5)8-3)57-68-62(65)54-49-44-39-34-28-25-23-20-18-17-19-21-24-27-32-37-42-47-52-59(4)7-2/h59-61H,6-58H2,1-5H3/t59?,60?,61-/m0/s1. The fraction of sp³-hybridized carbons (Fsp3) is 0.953. The van der Waals surface area contributed by atoms with E-state index in [0.717, 1.165) is 69.6 Å². The average molecular weight is 990 g/mol. The molecule has 0 saturated carbocycles. The Hall–Kier alpha value is -1.59. The largest absolute Gasteiger partial charge is 0.462 e. The smallest absolute Gasteiger partial charge is 0.306 e. The van der Waals surface area contributed by atoms with E-state index in [2.05, 4.69) is 34.6 Å². The molecule has 0 heterocycles. The molecule has 6 heteroatoms. The van der Waals surface area contributed by atoms with Crippen LogP contribution in [0.15, 0.2) is 0 Å². The molecule has 0 aliphatic heterocycles. The van der Waals surface area contributed by atoms with Crippen LogP contribution in [0.1, 0.15) is 362 Å². The molecule has 70 heavy (non-hydrogen) atoms. The van der Waals surface area contributed by atoms with Crippen LogP contribution in [0.5, 0.6) is 0 Å². The molecule has 0 amide bonds. The summed E-state index contributed by atoms with van der Waals surface area (Å²) in [6, 6.07) is 0. The maximum atomic E-state index is 12.9. The lowest BCUT2D eigenvalue weighted by molar-refractivity contribution is -0.167. The van der Waals surface area contributed by atoms with Gasteiger partial charge in [0.2, 0.25) is 0 Å². The average Bonchev–Trinajstić information content (AvgIpc) is 3.36. The lowest BCUT2D eigenvalue weighted by atomic mass is 9.99. The molecular weight excluding hydrogens is 865 g/mol. The van der Waals surface area contributed by atoms with Crippen LogP contribution >= 0.6 is 0 Å². The summed E-state index contributed by atoms with van der Waals surface area (Å²) in [5.74, 6) is 0.947. The highest BCUT2D eigenvalue weighted by Gasteiger charge is 2.19. The zero-order valence-electron chi connectivity index (χ0n) is 48.2. The Bertz CT molecular complexity index is 1080. The van der Waals surface area contributed by atoms with E-state index in [9.17, 15) is 14.4 Å². The third-order valence-electron chi connectivity index (χ3n) is 15.4. The van der Waals surface area contributed by atoms with Gasteiger partial charge in [-0.15, -0.1) is 0 Å². The molecule has 3 atom stereocenters. The van der Waals surface area contributed by atoms with Crippen molar-refractivity contribution in [1.82, 2.24) is 0 Å². The zero-order valence-corrected chi connectivity index (χ0v) is 48.2. The van der Waals surface area contributed by atoms with Crippen molar-refractivity contribution in [2.24, 2.45) is 11.8 Å². The van der Waals surface area contributed by atoms with E-state index >= 15 is 0 Å². The summed E-state index contributed by atoms with van der Waals surface area (Å²) in [5.41, 5.74) is 0. The quantitative estimate of drug-likeness (QED) is 0.0343. The maximum absolute atomic E-state index is 12.9. The molecule has 0 rings (SSSR count). The second kappa shape index (κ2) is 56.7. The predicted molar refractivity (Wildman–Crippen MR) is 303 cm³/mol. The van der Waals surface area contributed by atoms with E-state index in [-0.39, 0.29) is 31.1 Å². The van der Waals surface area contributed by atoms with Gasteiger partial charge in [-0.05, 0) is 31.1 Å². The molecule has 0 aromatic carbocycles. The van der Waals surface area contributed by atoms with Gasteiger partial charge in [-0.1, -0.05) is 324 Å². The van der Waals surface area contributed by atoms with Gasteiger partial charge in [-0.25, -0.2) is 0 Å². The topological polar surface area (TPSA) is 78.9 Å². The summed E-state index contributed by atoms with van der Waals surface area (Å²) in [4.78, 5) is 38.3. The van der Waals surface area contributed by atoms with Crippen LogP contribution in [0.25, 0.3) is 0 Å². The second-order valence-corrected chi connectivity index (χ2v) is 22.5. The van der Waals surface area contributed by atoms with E-state index in [1.807, 2.05) is 0 Å². The first-order valence-corrected chi connectivity index (χ1v) is 31.8. The fourth-order valence-corrected chi connectivity index (χ4v) is 9.87. The number of rotatable bonds is 58. The summed E-state index contributed by atoms with van der Waals surface area (Å²) in [7, 11) is 0. The van der Waals surface area contributed by atoms with Crippen molar-refractivity contribution in [3.05, 3.63) is 0 Å². The van der Waals surface area contributed by atoms with Crippen LogP contribution in [-0.2, 0) is 28.6 Å². The van der Waals surface area contributed by atoms with E-state index in [4.69, 9.17) is 14.2 Å². The summed E-state index contributed by atoms with van der Waals surface area (Å²) in [5, 5.41) is 0. The van der Waals surface area contributed by atoms with Crippen LogP contribution in [0.3, 0.4) is 0 Å². The van der Waals surface area contributed by atoms with Gasteiger partial charge in [0.05, 0.1) is 0 Å². The lowest BCUT2D eigenvalue weighted by Crippen LogP contribution is -2.30. The van der Waals surface area contributed by atoms with Crippen molar-refractivity contribution in [1.29, 1.82) is 0 Å². The Morgan fingerprint density at radius 1 is 0.286 bits per heavy atom. The molecule has 0 radical (unpaired) electrons. The monoisotopic (exact) mass is 989 g/mol. The van der Waals surface area contributed by atoms with Crippen LogP contribution in [0, 0.1) is 11.8 Å². The Balaban J connectivity index is 4.25. The highest BCUT2D eigenvalue weighted by molar-refractivity contribution is 5.71. The summed E-state index contributed by atoms with van der Waals surface area (Å²) >= 11 is 0. The normalized spacial score (nSPS) is 12.8. The lowest BCUT2D eigenvalue weighted by Gasteiger charge is -2.18. The minimum Gasteiger partial charge on any atom is -0.462 e. The second-order valence-electron chi connectivity index (χ2n) is 22.5. The van der Waals surface area contributed by atoms with E-state index < -0.39 is 6.10 Å². The first kappa shape index (κ1) is 68.4. The molecule has 2 unspecified atom stereocenters. The van der Waals surface area contributed by atoms with Crippen molar-refractivity contribution >= 4 is 17.9 Å². The minimum atomic E-state index is -0.763. The van der Waals surface area contributed by atoms with Gasteiger partial charge in [0.1, 0.15) is 13.2 Å². The van der Waals surface area contributed by atoms with Gasteiger partial charge in [0.25, 0.3) is 0 Å². The molecule has 0 aliphatic rings. The van der Waals surface area contributed by atoms with Crippen molar-refractivity contribution in [3.63, 3.8) is 0 Å². The maximum Gasteiger partial charge on any atom is 0.306 e. The number of unbranched alkanes of at least 4 members (excludes halogenated alkanes) is 41. The Morgan fingerprint density at radius 2 is 0.500 bits per heavy atom. The van der Waals surface area contributed by atoms with E-state index in [1.165, 1.54) is 250 Å². The van der Waals surface area contributed by atoms with Crippen LogP contribution in [0.2, 0.25) is 0 Å². The Morgan fingerprint density at radius 3 is 0.743 bits per heavy atom. The molecule has 416 valence electrons. The van der Waals surface area contributed by atoms with Crippen molar-refractivity contribution in [2.45, 2.75) is 368 Å². The van der Waals surface area contributed by atoms with E-state index in [1.54, 1.807) is 0 Å². The number of ether oxygens (including phenoxy) is 3. The van der Waals surface area contributed by atoms with Crippen molar-refractivity contribution in [3.8, 4) is 0 Å². The molecule has 6 nitrogen and oxygen atoms in total. The third kappa shape index (κ3) is 54.2. The number of carbonyl (C=O) groups excluding carboxylic acids is 3. The molecule has 0 spiro atoms. The Labute approximate surface area is 438 Å².